The van der Waals surface area contributed by atoms with E-state index in [0.717, 1.165) is 18.1 Å². The molecule has 0 saturated heterocycles. The molecule has 0 spiro atoms. The van der Waals surface area contributed by atoms with Gasteiger partial charge in [0.1, 0.15) is 11.5 Å². The van der Waals surface area contributed by atoms with Crippen molar-refractivity contribution in [3.8, 4) is 11.5 Å². The number of phenolic OH excluding ortho intramolecular Hbond substituents is 2. The predicted molar refractivity (Wildman–Crippen MR) is 65.1 cm³/mol. The highest BCUT2D eigenvalue weighted by Crippen LogP contribution is 2.23. The molecular formula is C14H12O3. The van der Waals surface area contributed by atoms with Crippen molar-refractivity contribution in [2.45, 2.75) is 6.42 Å². The number of hydrogen-bond acceptors (Lipinski definition) is 3. The van der Waals surface area contributed by atoms with Crippen LogP contribution in [0.2, 0.25) is 0 Å². The number of aromatic hydroxyl groups is 2. The van der Waals surface area contributed by atoms with Crippen LogP contribution in [0.25, 0.3) is 0 Å². The Hall–Kier alpha value is -2.29. The van der Waals surface area contributed by atoms with Gasteiger partial charge in [-0.2, -0.15) is 0 Å². The predicted octanol–water partition coefficient (Wildman–Crippen LogP) is 2.72. The van der Waals surface area contributed by atoms with Crippen molar-refractivity contribution < 1.29 is 15.0 Å². The number of carbonyl (C=O) groups excluding carboxylic acids is 1. The first-order valence-electron chi connectivity index (χ1n) is 5.28. The van der Waals surface area contributed by atoms with Gasteiger partial charge in [0, 0.05) is 6.07 Å². The zero-order chi connectivity index (χ0) is 12.3. The standard InChI is InChI=1S/C14H12O3/c15-11-6-7-12(14(17)9-11)13(16)8-5-10-3-1-2-4-10/h1,3-9,15,17H,2H2/b8-5+. The third-order valence-electron chi connectivity index (χ3n) is 2.47. The molecule has 3 heteroatoms. The molecular weight excluding hydrogens is 216 g/mol. The first kappa shape index (κ1) is 11.2. The largest absolute Gasteiger partial charge is 0.508 e. The molecule has 0 heterocycles. The van der Waals surface area contributed by atoms with E-state index in [2.05, 4.69) is 0 Å². The monoisotopic (exact) mass is 228 g/mol. The van der Waals surface area contributed by atoms with E-state index in [-0.39, 0.29) is 22.8 Å². The van der Waals surface area contributed by atoms with Gasteiger partial charge < -0.3 is 10.2 Å². The van der Waals surface area contributed by atoms with Crippen LogP contribution < -0.4 is 0 Å². The molecule has 17 heavy (non-hydrogen) atoms. The minimum atomic E-state index is -0.288. The van der Waals surface area contributed by atoms with E-state index in [9.17, 15) is 9.90 Å². The molecule has 0 aromatic heterocycles. The summed E-state index contributed by atoms with van der Waals surface area (Å²) in [7, 11) is 0. The Kier molecular flexibility index (Phi) is 3.10. The highest BCUT2D eigenvalue weighted by Gasteiger charge is 2.08. The fourth-order valence-corrected chi connectivity index (χ4v) is 1.59. The summed E-state index contributed by atoms with van der Waals surface area (Å²) >= 11 is 0. The van der Waals surface area contributed by atoms with Gasteiger partial charge in [0.05, 0.1) is 5.56 Å². The second-order valence-electron chi connectivity index (χ2n) is 3.74. The van der Waals surface area contributed by atoms with Gasteiger partial charge >= 0.3 is 0 Å². The number of rotatable bonds is 3. The Morgan fingerprint density at radius 1 is 1.29 bits per heavy atom. The molecule has 2 rings (SSSR count). The number of ketones is 1. The number of allylic oxidation sites excluding steroid dienone is 6. The van der Waals surface area contributed by atoms with Gasteiger partial charge in [-0.1, -0.05) is 24.3 Å². The van der Waals surface area contributed by atoms with Crippen LogP contribution in [-0.4, -0.2) is 16.0 Å². The van der Waals surface area contributed by atoms with Gasteiger partial charge in [0.15, 0.2) is 5.78 Å². The molecule has 3 nitrogen and oxygen atoms in total. The molecule has 1 aromatic rings. The molecule has 0 atom stereocenters. The van der Waals surface area contributed by atoms with Crippen LogP contribution in [0.4, 0.5) is 0 Å². The molecule has 0 aliphatic heterocycles. The third-order valence-corrected chi connectivity index (χ3v) is 2.47. The van der Waals surface area contributed by atoms with Crippen LogP contribution in [0.3, 0.4) is 0 Å². The first-order valence-corrected chi connectivity index (χ1v) is 5.28. The molecule has 1 aliphatic carbocycles. The van der Waals surface area contributed by atoms with Crippen molar-refractivity contribution in [1.82, 2.24) is 0 Å². The summed E-state index contributed by atoms with van der Waals surface area (Å²) in [6.45, 7) is 0. The summed E-state index contributed by atoms with van der Waals surface area (Å²) in [6, 6.07) is 3.92. The van der Waals surface area contributed by atoms with Crippen molar-refractivity contribution in [1.29, 1.82) is 0 Å². The topological polar surface area (TPSA) is 57.5 Å². The average molecular weight is 228 g/mol. The van der Waals surface area contributed by atoms with Crippen molar-refractivity contribution in [2.75, 3.05) is 0 Å². The minimum Gasteiger partial charge on any atom is -0.508 e. The van der Waals surface area contributed by atoms with Crippen LogP contribution in [0.5, 0.6) is 11.5 Å². The smallest absolute Gasteiger partial charge is 0.189 e. The van der Waals surface area contributed by atoms with E-state index in [1.165, 1.54) is 18.2 Å². The lowest BCUT2D eigenvalue weighted by molar-refractivity contribution is 0.104. The quantitative estimate of drug-likeness (QED) is 0.617. The van der Waals surface area contributed by atoms with Gasteiger partial charge in [0.2, 0.25) is 0 Å². The summed E-state index contributed by atoms with van der Waals surface area (Å²) in [5.41, 5.74) is 1.17. The van der Waals surface area contributed by atoms with E-state index in [4.69, 9.17) is 5.11 Å². The highest BCUT2D eigenvalue weighted by molar-refractivity contribution is 6.06. The number of benzene rings is 1. The third kappa shape index (κ3) is 2.64. The van der Waals surface area contributed by atoms with Crippen LogP contribution >= 0.6 is 0 Å². The molecule has 0 fully saturated rings. The zero-order valence-corrected chi connectivity index (χ0v) is 9.13. The maximum absolute atomic E-state index is 11.8. The molecule has 0 amide bonds. The number of carbonyl (C=O) groups is 1. The summed E-state index contributed by atoms with van der Waals surface area (Å²) < 4.78 is 0. The molecule has 2 N–H and O–H groups in total. The van der Waals surface area contributed by atoms with Crippen molar-refractivity contribution in [3.05, 3.63) is 59.7 Å². The molecule has 0 radical (unpaired) electrons. The van der Waals surface area contributed by atoms with Crippen LogP contribution in [0.1, 0.15) is 16.8 Å². The summed E-state index contributed by atoms with van der Waals surface area (Å²) in [4.78, 5) is 11.8. The van der Waals surface area contributed by atoms with E-state index in [1.54, 1.807) is 6.08 Å². The van der Waals surface area contributed by atoms with Gasteiger partial charge in [-0.05, 0) is 30.2 Å². The van der Waals surface area contributed by atoms with Crippen LogP contribution in [0, 0.1) is 0 Å². The van der Waals surface area contributed by atoms with Crippen molar-refractivity contribution in [3.63, 3.8) is 0 Å². The molecule has 0 saturated carbocycles. The normalized spacial score (nSPS) is 14.2. The van der Waals surface area contributed by atoms with E-state index in [1.807, 2.05) is 18.2 Å². The Balaban J connectivity index is 2.17. The number of hydrogen-bond donors (Lipinski definition) is 2. The maximum Gasteiger partial charge on any atom is 0.189 e. The summed E-state index contributed by atoms with van der Waals surface area (Å²) in [5.74, 6) is -0.566. The molecule has 0 bridgehead atoms. The summed E-state index contributed by atoms with van der Waals surface area (Å²) in [6.07, 6.45) is 9.94. The lowest BCUT2D eigenvalue weighted by Crippen LogP contribution is -1.94. The van der Waals surface area contributed by atoms with Gasteiger partial charge in [-0.15, -0.1) is 0 Å². The van der Waals surface area contributed by atoms with E-state index in [0.29, 0.717) is 0 Å². The van der Waals surface area contributed by atoms with Crippen molar-refractivity contribution >= 4 is 5.78 Å². The van der Waals surface area contributed by atoms with Crippen LogP contribution in [0.15, 0.2) is 54.2 Å². The molecule has 1 aliphatic rings. The summed E-state index contributed by atoms with van der Waals surface area (Å²) in [5, 5.41) is 18.6. The van der Waals surface area contributed by atoms with E-state index >= 15 is 0 Å². The zero-order valence-electron chi connectivity index (χ0n) is 9.13. The SMILES string of the molecule is O=C(/C=C/C1=CCC=C1)c1ccc(O)cc1O. The molecule has 86 valence electrons. The van der Waals surface area contributed by atoms with Gasteiger partial charge in [0.25, 0.3) is 0 Å². The maximum atomic E-state index is 11.8. The minimum absolute atomic E-state index is 0.0653. The second-order valence-corrected chi connectivity index (χ2v) is 3.74. The van der Waals surface area contributed by atoms with Crippen molar-refractivity contribution in [2.24, 2.45) is 0 Å². The Bertz CT molecular complexity index is 536. The Morgan fingerprint density at radius 2 is 2.12 bits per heavy atom. The lowest BCUT2D eigenvalue weighted by atomic mass is 10.1. The fourth-order valence-electron chi connectivity index (χ4n) is 1.59. The fraction of sp³-hybridized carbons (Fsp3) is 0.0714. The Labute approximate surface area is 99.0 Å². The second kappa shape index (κ2) is 4.70. The highest BCUT2D eigenvalue weighted by atomic mass is 16.3. The molecule has 0 unspecified atom stereocenters. The number of phenols is 2. The first-order chi connectivity index (χ1) is 8.16. The van der Waals surface area contributed by atoms with E-state index < -0.39 is 0 Å². The average Bonchev–Trinajstić information content (AvgIpc) is 2.78. The Morgan fingerprint density at radius 3 is 2.76 bits per heavy atom. The van der Waals surface area contributed by atoms with Crippen LogP contribution in [-0.2, 0) is 0 Å². The van der Waals surface area contributed by atoms with Gasteiger partial charge in [-0.3, -0.25) is 4.79 Å². The molecule has 1 aromatic carbocycles. The van der Waals surface area contributed by atoms with Gasteiger partial charge in [-0.25, -0.2) is 0 Å². The lowest BCUT2D eigenvalue weighted by Gasteiger charge is -2.00.